The largest absolute Gasteiger partial charge is 0.388 e. The molecule has 1 N–H and O–H groups in total. The normalized spacial score (nSPS) is 28.7. The molecule has 1 saturated heterocycles. The summed E-state index contributed by atoms with van der Waals surface area (Å²) in [5, 5.41) is 10.8. The highest BCUT2D eigenvalue weighted by Gasteiger charge is 2.42. The van der Waals surface area contributed by atoms with Crippen LogP contribution >= 0.6 is 0 Å². The topological polar surface area (TPSA) is 38.7 Å². The number of benzene rings is 1. The van der Waals surface area contributed by atoms with E-state index in [1.807, 2.05) is 0 Å². The molecule has 1 aromatic rings. The Morgan fingerprint density at radius 3 is 2.81 bits per heavy atom. The zero-order valence-electron chi connectivity index (χ0n) is 12.5. The average molecular weight is 288 g/mol. The Hall–Kier alpha value is -0.900. The fourth-order valence-electron chi connectivity index (χ4n) is 4.35. The van der Waals surface area contributed by atoms with E-state index in [2.05, 4.69) is 18.2 Å². The summed E-state index contributed by atoms with van der Waals surface area (Å²) in [6.45, 7) is 2.20. The summed E-state index contributed by atoms with van der Waals surface area (Å²) in [6.07, 6.45) is 6.52. The minimum Gasteiger partial charge on any atom is -0.388 e. The van der Waals surface area contributed by atoms with Gasteiger partial charge < -0.3 is 14.6 Å². The van der Waals surface area contributed by atoms with Crippen molar-refractivity contribution in [2.75, 3.05) is 6.61 Å². The van der Waals surface area contributed by atoms with Crippen LogP contribution in [0.3, 0.4) is 0 Å². The summed E-state index contributed by atoms with van der Waals surface area (Å²) in [7, 11) is 0. The molecular formula is C18H24O3. The first-order valence-corrected chi connectivity index (χ1v) is 8.27. The third-order valence-corrected chi connectivity index (χ3v) is 5.58. The Bertz CT molecular complexity index is 519. The molecular weight excluding hydrogens is 264 g/mol. The van der Waals surface area contributed by atoms with Crippen LogP contribution < -0.4 is 0 Å². The second-order valence-corrected chi connectivity index (χ2v) is 6.96. The number of aliphatic hydroxyl groups is 1. The number of ether oxygens (including phenoxy) is 2. The Kier molecular flexibility index (Phi) is 3.52. The molecule has 1 saturated carbocycles. The van der Waals surface area contributed by atoms with Gasteiger partial charge in [-0.25, -0.2) is 0 Å². The fourth-order valence-corrected chi connectivity index (χ4v) is 4.35. The molecule has 1 spiro atoms. The van der Waals surface area contributed by atoms with Crippen molar-refractivity contribution in [2.24, 2.45) is 5.92 Å². The number of hydrogen-bond donors (Lipinski definition) is 1. The van der Waals surface area contributed by atoms with Crippen LogP contribution in [0.2, 0.25) is 0 Å². The van der Waals surface area contributed by atoms with Crippen molar-refractivity contribution in [2.45, 2.75) is 63.4 Å². The van der Waals surface area contributed by atoms with Crippen molar-refractivity contribution in [1.82, 2.24) is 0 Å². The molecule has 2 fully saturated rings. The van der Waals surface area contributed by atoms with Gasteiger partial charge in [0.1, 0.15) is 0 Å². The Balaban J connectivity index is 1.52. The Morgan fingerprint density at radius 2 is 1.95 bits per heavy atom. The van der Waals surface area contributed by atoms with E-state index in [0.29, 0.717) is 19.1 Å². The molecule has 3 heteroatoms. The molecule has 2 unspecified atom stereocenters. The van der Waals surface area contributed by atoms with E-state index in [4.69, 9.17) is 9.47 Å². The molecule has 1 aromatic carbocycles. The molecule has 2 aliphatic heterocycles. The predicted molar refractivity (Wildman–Crippen MR) is 79.8 cm³/mol. The van der Waals surface area contributed by atoms with Gasteiger partial charge in [0.05, 0.1) is 24.9 Å². The van der Waals surface area contributed by atoms with Crippen molar-refractivity contribution >= 4 is 0 Å². The lowest BCUT2D eigenvalue weighted by atomic mass is 9.79. The van der Waals surface area contributed by atoms with Crippen LogP contribution in [0.15, 0.2) is 18.2 Å². The van der Waals surface area contributed by atoms with E-state index in [-0.39, 0.29) is 11.7 Å². The molecule has 4 rings (SSSR count). The molecule has 0 aromatic heterocycles. The highest BCUT2D eigenvalue weighted by Crippen LogP contribution is 2.45. The lowest BCUT2D eigenvalue weighted by Gasteiger charge is -2.40. The van der Waals surface area contributed by atoms with Gasteiger partial charge in [0.25, 0.3) is 0 Å². The van der Waals surface area contributed by atoms with Gasteiger partial charge in [0, 0.05) is 6.61 Å². The molecule has 2 heterocycles. The zero-order chi connectivity index (χ0) is 14.3. The summed E-state index contributed by atoms with van der Waals surface area (Å²) >= 11 is 0. The third kappa shape index (κ3) is 2.52. The van der Waals surface area contributed by atoms with Crippen LogP contribution in [0.1, 0.15) is 61.3 Å². The molecule has 21 heavy (non-hydrogen) atoms. The summed E-state index contributed by atoms with van der Waals surface area (Å²) in [5.41, 5.74) is 3.64. The van der Waals surface area contributed by atoms with E-state index in [9.17, 15) is 5.11 Å². The highest BCUT2D eigenvalue weighted by atomic mass is 16.5. The van der Waals surface area contributed by atoms with Crippen molar-refractivity contribution < 1.29 is 14.6 Å². The third-order valence-electron chi connectivity index (χ3n) is 5.58. The summed E-state index contributed by atoms with van der Waals surface area (Å²) in [6, 6.07) is 6.34. The maximum absolute atomic E-state index is 10.8. The van der Waals surface area contributed by atoms with Gasteiger partial charge in [0.2, 0.25) is 0 Å². The van der Waals surface area contributed by atoms with Crippen LogP contribution in [0, 0.1) is 5.92 Å². The highest BCUT2D eigenvalue weighted by molar-refractivity contribution is 5.34. The SMILES string of the molecule is OC(c1ccc2c(c1)COC2)C1CCOC2(CCCC2)C1. The Morgan fingerprint density at radius 1 is 1.14 bits per heavy atom. The van der Waals surface area contributed by atoms with Crippen molar-refractivity contribution in [3.05, 3.63) is 34.9 Å². The van der Waals surface area contributed by atoms with Gasteiger partial charge in [-0.1, -0.05) is 31.0 Å². The maximum atomic E-state index is 10.8. The van der Waals surface area contributed by atoms with E-state index >= 15 is 0 Å². The first-order chi connectivity index (χ1) is 10.3. The molecule has 114 valence electrons. The van der Waals surface area contributed by atoms with E-state index in [1.54, 1.807) is 0 Å². The number of hydrogen-bond acceptors (Lipinski definition) is 3. The molecule has 0 amide bonds. The van der Waals surface area contributed by atoms with Gasteiger partial charge in [0.15, 0.2) is 0 Å². The van der Waals surface area contributed by atoms with Crippen LogP contribution in [-0.4, -0.2) is 17.3 Å². The van der Waals surface area contributed by atoms with E-state index in [1.165, 1.54) is 36.8 Å². The van der Waals surface area contributed by atoms with Crippen LogP contribution in [0.4, 0.5) is 0 Å². The monoisotopic (exact) mass is 288 g/mol. The molecule has 0 bridgehead atoms. The van der Waals surface area contributed by atoms with Crippen molar-refractivity contribution in [3.63, 3.8) is 0 Å². The fraction of sp³-hybridized carbons (Fsp3) is 0.667. The van der Waals surface area contributed by atoms with E-state index in [0.717, 1.165) is 25.0 Å². The quantitative estimate of drug-likeness (QED) is 0.905. The average Bonchev–Trinajstić information content (AvgIpc) is 3.15. The lowest BCUT2D eigenvalue weighted by molar-refractivity contribution is -0.113. The second kappa shape index (κ2) is 5.38. The number of rotatable bonds is 2. The minimum atomic E-state index is -0.364. The first kappa shape index (κ1) is 13.7. The molecule has 3 nitrogen and oxygen atoms in total. The lowest BCUT2D eigenvalue weighted by Crippen LogP contribution is -2.39. The predicted octanol–water partition coefficient (Wildman–Crippen LogP) is 3.49. The summed E-state index contributed by atoms with van der Waals surface area (Å²) < 4.78 is 11.6. The molecule has 2 atom stereocenters. The molecule has 1 aliphatic carbocycles. The van der Waals surface area contributed by atoms with Gasteiger partial charge in [-0.15, -0.1) is 0 Å². The minimum absolute atomic E-state index is 0.0732. The summed E-state index contributed by atoms with van der Waals surface area (Å²) in [4.78, 5) is 0. The van der Waals surface area contributed by atoms with Gasteiger partial charge >= 0.3 is 0 Å². The van der Waals surface area contributed by atoms with Crippen LogP contribution in [-0.2, 0) is 22.7 Å². The molecule has 3 aliphatic rings. The standard InChI is InChI=1S/C18H24O3/c19-17(13-3-4-15-11-20-12-16(15)9-13)14-5-8-21-18(10-14)6-1-2-7-18/h3-4,9,14,17,19H,1-2,5-8,10-12H2. The number of fused-ring (bicyclic) bond motifs is 1. The van der Waals surface area contributed by atoms with Crippen LogP contribution in [0.5, 0.6) is 0 Å². The van der Waals surface area contributed by atoms with Crippen molar-refractivity contribution in [1.29, 1.82) is 0 Å². The van der Waals surface area contributed by atoms with Crippen molar-refractivity contribution in [3.8, 4) is 0 Å². The van der Waals surface area contributed by atoms with Gasteiger partial charge in [-0.05, 0) is 48.3 Å². The zero-order valence-corrected chi connectivity index (χ0v) is 12.5. The first-order valence-electron chi connectivity index (χ1n) is 8.27. The van der Waals surface area contributed by atoms with Crippen LogP contribution in [0.25, 0.3) is 0 Å². The maximum Gasteiger partial charge on any atom is 0.0820 e. The second-order valence-electron chi connectivity index (χ2n) is 6.96. The Labute approximate surface area is 126 Å². The van der Waals surface area contributed by atoms with Gasteiger partial charge in [-0.2, -0.15) is 0 Å². The smallest absolute Gasteiger partial charge is 0.0820 e. The number of aliphatic hydroxyl groups excluding tert-OH is 1. The summed E-state index contributed by atoms with van der Waals surface area (Å²) in [5.74, 6) is 0.331. The van der Waals surface area contributed by atoms with Gasteiger partial charge in [-0.3, -0.25) is 0 Å². The van der Waals surface area contributed by atoms with E-state index < -0.39 is 0 Å². The molecule has 0 radical (unpaired) electrons.